The standard InChI is InChI=1S/C39H74O6/c1-5-7-9-11-12-13-16-20-24-28-32-39(42)45-36(33-43-37(40)30-26-21-10-8-6-2)34-44-38(41)31-27-23-19-17-14-15-18-22-25-29-35(3)4/h35-36H,5-34H2,1-4H3/t36-/m1/s1. The van der Waals surface area contributed by atoms with E-state index in [-0.39, 0.29) is 31.1 Å². The maximum absolute atomic E-state index is 12.5. The highest BCUT2D eigenvalue weighted by atomic mass is 16.6. The van der Waals surface area contributed by atoms with Crippen LogP contribution in [-0.2, 0) is 28.6 Å². The Hall–Kier alpha value is -1.59. The van der Waals surface area contributed by atoms with Crippen molar-refractivity contribution in [2.45, 2.75) is 214 Å². The Morgan fingerprint density at radius 2 is 0.733 bits per heavy atom. The van der Waals surface area contributed by atoms with Gasteiger partial charge in [-0.2, -0.15) is 0 Å². The molecule has 45 heavy (non-hydrogen) atoms. The lowest BCUT2D eigenvalue weighted by Crippen LogP contribution is -2.30. The first-order chi connectivity index (χ1) is 21.9. The van der Waals surface area contributed by atoms with Crippen LogP contribution in [0.5, 0.6) is 0 Å². The van der Waals surface area contributed by atoms with E-state index in [1.807, 2.05) is 0 Å². The van der Waals surface area contributed by atoms with Gasteiger partial charge in [0.25, 0.3) is 0 Å². The van der Waals surface area contributed by atoms with Crippen LogP contribution in [0.1, 0.15) is 207 Å². The van der Waals surface area contributed by atoms with E-state index in [9.17, 15) is 14.4 Å². The zero-order valence-electron chi connectivity index (χ0n) is 30.3. The van der Waals surface area contributed by atoms with Gasteiger partial charge in [-0.3, -0.25) is 14.4 Å². The Kier molecular flexibility index (Phi) is 32.6. The third-order valence-corrected chi connectivity index (χ3v) is 8.54. The van der Waals surface area contributed by atoms with Crippen molar-refractivity contribution < 1.29 is 28.6 Å². The Bertz CT molecular complexity index is 676. The van der Waals surface area contributed by atoms with E-state index >= 15 is 0 Å². The molecule has 0 aromatic carbocycles. The molecule has 0 saturated carbocycles. The molecule has 0 aromatic heterocycles. The van der Waals surface area contributed by atoms with Gasteiger partial charge in [-0.05, 0) is 25.2 Å². The Morgan fingerprint density at radius 1 is 0.422 bits per heavy atom. The van der Waals surface area contributed by atoms with Crippen molar-refractivity contribution >= 4 is 17.9 Å². The van der Waals surface area contributed by atoms with E-state index < -0.39 is 6.10 Å². The molecule has 0 rings (SSSR count). The Morgan fingerprint density at radius 3 is 1.09 bits per heavy atom. The first-order valence-corrected chi connectivity index (χ1v) is 19.4. The lowest BCUT2D eigenvalue weighted by Gasteiger charge is -2.18. The number of esters is 3. The molecule has 0 heterocycles. The molecule has 0 bridgehead atoms. The fourth-order valence-electron chi connectivity index (χ4n) is 5.57. The summed E-state index contributed by atoms with van der Waals surface area (Å²) in [6, 6.07) is 0. The molecule has 0 amide bonds. The third-order valence-electron chi connectivity index (χ3n) is 8.54. The molecule has 266 valence electrons. The van der Waals surface area contributed by atoms with Crippen LogP contribution in [0.3, 0.4) is 0 Å². The average molecular weight is 639 g/mol. The van der Waals surface area contributed by atoms with Gasteiger partial charge < -0.3 is 14.2 Å². The molecule has 1 atom stereocenters. The first kappa shape index (κ1) is 43.4. The number of ether oxygens (including phenoxy) is 3. The second-order valence-corrected chi connectivity index (χ2v) is 13.7. The van der Waals surface area contributed by atoms with Crippen LogP contribution in [0.2, 0.25) is 0 Å². The highest BCUT2D eigenvalue weighted by Crippen LogP contribution is 2.15. The van der Waals surface area contributed by atoms with E-state index in [0.717, 1.165) is 70.1 Å². The van der Waals surface area contributed by atoms with Gasteiger partial charge in [-0.1, -0.05) is 169 Å². The van der Waals surface area contributed by atoms with Crippen LogP contribution in [0.15, 0.2) is 0 Å². The lowest BCUT2D eigenvalue weighted by atomic mass is 10.0. The summed E-state index contributed by atoms with van der Waals surface area (Å²) >= 11 is 0. The molecule has 0 aromatic rings. The van der Waals surface area contributed by atoms with Crippen molar-refractivity contribution in [2.24, 2.45) is 5.92 Å². The topological polar surface area (TPSA) is 78.9 Å². The summed E-state index contributed by atoms with van der Waals surface area (Å²) < 4.78 is 16.5. The number of hydrogen-bond acceptors (Lipinski definition) is 6. The highest BCUT2D eigenvalue weighted by Gasteiger charge is 2.19. The molecule has 0 fully saturated rings. The first-order valence-electron chi connectivity index (χ1n) is 19.4. The van der Waals surface area contributed by atoms with Gasteiger partial charge in [0, 0.05) is 19.3 Å². The lowest BCUT2D eigenvalue weighted by molar-refractivity contribution is -0.167. The molecular formula is C39H74O6. The van der Waals surface area contributed by atoms with Crippen LogP contribution in [0.4, 0.5) is 0 Å². The summed E-state index contributed by atoms with van der Waals surface area (Å²) in [6.45, 7) is 8.85. The maximum atomic E-state index is 12.5. The van der Waals surface area contributed by atoms with Crippen LogP contribution < -0.4 is 0 Å². The Labute approximate surface area is 278 Å². The van der Waals surface area contributed by atoms with Gasteiger partial charge in [-0.15, -0.1) is 0 Å². The summed E-state index contributed by atoms with van der Waals surface area (Å²) in [5.41, 5.74) is 0. The molecule has 0 radical (unpaired) electrons. The van der Waals surface area contributed by atoms with Crippen LogP contribution in [-0.4, -0.2) is 37.2 Å². The second-order valence-electron chi connectivity index (χ2n) is 13.7. The normalized spacial score (nSPS) is 11.9. The van der Waals surface area contributed by atoms with E-state index in [2.05, 4.69) is 27.7 Å². The minimum atomic E-state index is -0.755. The monoisotopic (exact) mass is 639 g/mol. The molecule has 0 aliphatic rings. The number of hydrogen-bond donors (Lipinski definition) is 0. The van der Waals surface area contributed by atoms with Crippen molar-refractivity contribution in [3.8, 4) is 0 Å². The number of unbranched alkanes of at least 4 members (excludes halogenated alkanes) is 21. The second kappa shape index (κ2) is 33.8. The van der Waals surface area contributed by atoms with Crippen molar-refractivity contribution in [3.05, 3.63) is 0 Å². The van der Waals surface area contributed by atoms with Crippen LogP contribution in [0, 0.1) is 5.92 Å². The molecule has 6 nitrogen and oxygen atoms in total. The summed E-state index contributed by atoms with van der Waals surface area (Å²) in [5.74, 6) is -0.0716. The highest BCUT2D eigenvalue weighted by molar-refractivity contribution is 5.71. The summed E-state index contributed by atoms with van der Waals surface area (Å²) in [7, 11) is 0. The average Bonchev–Trinajstić information content (AvgIpc) is 3.01. The molecule has 0 aliphatic carbocycles. The quantitative estimate of drug-likeness (QED) is 0.0396. The maximum Gasteiger partial charge on any atom is 0.306 e. The van der Waals surface area contributed by atoms with E-state index in [1.54, 1.807) is 0 Å². The fraction of sp³-hybridized carbons (Fsp3) is 0.923. The molecular weight excluding hydrogens is 564 g/mol. The predicted octanol–water partition coefficient (Wildman–Crippen LogP) is 11.6. The van der Waals surface area contributed by atoms with E-state index in [0.29, 0.717) is 19.3 Å². The summed E-state index contributed by atoms with van der Waals surface area (Å²) in [5, 5.41) is 0. The molecule has 0 spiro atoms. The SMILES string of the molecule is CCCCCCCCCCCCC(=O)O[C@H](COC(=O)CCCCCCC)COC(=O)CCCCCCCCCCCC(C)C. The van der Waals surface area contributed by atoms with Gasteiger partial charge in [0.2, 0.25) is 0 Å². The molecule has 0 saturated heterocycles. The van der Waals surface area contributed by atoms with Gasteiger partial charge in [-0.25, -0.2) is 0 Å². The van der Waals surface area contributed by atoms with Gasteiger partial charge >= 0.3 is 17.9 Å². The zero-order chi connectivity index (χ0) is 33.2. The third kappa shape index (κ3) is 33.6. The van der Waals surface area contributed by atoms with Crippen molar-refractivity contribution in [1.29, 1.82) is 0 Å². The minimum Gasteiger partial charge on any atom is -0.462 e. The van der Waals surface area contributed by atoms with Crippen molar-refractivity contribution in [2.75, 3.05) is 13.2 Å². The van der Waals surface area contributed by atoms with Crippen LogP contribution >= 0.6 is 0 Å². The minimum absolute atomic E-state index is 0.0663. The smallest absolute Gasteiger partial charge is 0.306 e. The zero-order valence-corrected chi connectivity index (χ0v) is 30.3. The van der Waals surface area contributed by atoms with E-state index in [4.69, 9.17) is 14.2 Å². The van der Waals surface area contributed by atoms with Gasteiger partial charge in [0.05, 0.1) is 0 Å². The molecule has 0 aliphatic heterocycles. The Balaban J connectivity index is 4.26. The molecule has 0 unspecified atom stereocenters. The van der Waals surface area contributed by atoms with Crippen molar-refractivity contribution in [3.63, 3.8) is 0 Å². The van der Waals surface area contributed by atoms with Crippen LogP contribution in [0.25, 0.3) is 0 Å². The number of rotatable bonds is 34. The van der Waals surface area contributed by atoms with Gasteiger partial charge in [0.1, 0.15) is 13.2 Å². The fourth-order valence-corrected chi connectivity index (χ4v) is 5.57. The predicted molar refractivity (Wildman–Crippen MR) is 187 cm³/mol. The number of carbonyl (C=O) groups is 3. The van der Waals surface area contributed by atoms with E-state index in [1.165, 1.54) is 96.3 Å². The number of carbonyl (C=O) groups excluding carboxylic acids is 3. The van der Waals surface area contributed by atoms with Gasteiger partial charge in [0.15, 0.2) is 6.10 Å². The summed E-state index contributed by atoms with van der Waals surface area (Å²) in [4.78, 5) is 37.2. The molecule has 6 heteroatoms. The summed E-state index contributed by atoms with van der Waals surface area (Å²) in [6.07, 6.45) is 29.7. The van der Waals surface area contributed by atoms with Crippen molar-refractivity contribution in [1.82, 2.24) is 0 Å². The molecule has 0 N–H and O–H groups in total. The largest absolute Gasteiger partial charge is 0.462 e.